The molecule has 4 heteroatoms. The average Bonchev–Trinajstić information content (AvgIpc) is 3.35. The van der Waals surface area contributed by atoms with Crippen molar-refractivity contribution in [1.29, 1.82) is 0 Å². The molecule has 4 rings (SSSR count). The Morgan fingerprint density at radius 3 is 2.25 bits per heavy atom. The van der Waals surface area contributed by atoms with Crippen molar-refractivity contribution in [1.82, 2.24) is 0 Å². The van der Waals surface area contributed by atoms with E-state index in [-0.39, 0.29) is 24.4 Å². The smallest absolute Gasteiger partial charge is 0.399 e. The minimum atomic E-state index is -0.296. The first-order chi connectivity index (χ1) is 11.4. The molecule has 1 aromatic rings. The Kier molecular flexibility index (Phi) is 4.06. The quantitative estimate of drug-likeness (QED) is 0.782. The Morgan fingerprint density at radius 1 is 0.958 bits per heavy atom. The highest BCUT2D eigenvalue weighted by Gasteiger charge is 2.52. The van der Waals surface area contributed by atoms with E-state index in [0.29, 0.717) is 5.92 Å². The van der Waals surface area contributed by atoms with Crippen molar-refractivity contribution in [2.45, 2.75) is 83.0 Å². The lowest BCUT2D eigenvalue weighted by Gasteiger charge is -2.32. The lowest BCUT2D eigenvalue weighted by Crippen LogP contribution is -2.41. The Morgan fingerprint density at radius 2 is 1.67 bits per heavy atom. The zero-order valence-electron chi connectivity index (χ0n) is 15.4. The van der Waals surface area contributed by atoms with Crippen LogP contribution in [0.2, 0.25) is 0 Å². The van der Waals surface area contributed by atoms with Crippen molar-refractivity contribution in [2.75, 3.05) is 6.61 Å². The summed E-state index contributed by atoms with van der Waals surface area (Å²) in [7, 11) is -0.269. The van der Waals surface area contributed by atoms with Crippen LogP contribution in [0, 0.1) is 0 Å². The predicted octanol–water partition coefficient (Wildman–Crippen LogP) is 4.10. The molecule has 3 aliphatic rings. The molecular formula is C20H29BO3. The summed E-state index contributed by atoms with van der Waals surface area (Å²) in [5.74, 6) is 0.681. The molecule has 0 radical (unpaired) electrons. The maximum absolute atomic E-state index is 6.35. The van der Waals surface area contributed by atoms with Crippen LogP contribution in [-0.2, 0) is 14.0 Å². The van der Waals surface area contributed by atoms with Gasteiger partial charge >= 0.3 is 7.12 Å². The summed E-state index contributed by atoms with van der Waals surface area (Å²) in [6, 6.07) is 6.86. The summed E-state index contributed by atoms with van der Waals surface area (Å²) in [5.41, 5.74) is 3.32. The topological polar surface area (TPSA) is 27.7 Å². The SMILES string of the molecule is CC1(C)OB(c2cc(C3CCCCO3)ccc2C2CC2)OC1(C)C. The van der Waals surface area contributed by atoms with Crippen molar-refractivity contribution in [2.24, 2.45) is 0 Å². The molecule has 0 bridgehead atoms. The molecule has 3 nitrogen and oxygen atoms in total. The third-order valence-electron chi connectivity index (χ3n) is 6.19. The molecule has 1 aliphatic carbocycles. The van der Waals surface area contributed by atoms with Gasteiger partial charge in [-0.15, -0.1) is 0 Å². The van der Waals surface area contributed by atoms with Gasteiger partial charge in [0.05, 0.1) is 17.3 Å². The molecule has 0 spiro atoms. The minimum absolute atomic E-state index is 0.230. The third kappa shape index (κ3) is 2.93. The Hall–Kier alpha value is -0.835. The standard InChI is InChI=1S/C20H29BO3/c1-19(2)20(3,4)24-21(23-19)17-13-15(18-7-5-6-12-22-18)10-11-16(17)14-8-9-14/h10-11,13-14,18H,5-9,12H2,1-4H3. The number of ether oxygens (including phenoxy) is 1. The normalized spacial score (nSPS) is 29.0. The summed E-state index contributed by atoms with van der Waals surface area (Å²) in [5, 5.41) is 0. The van der Waals surface area contributed by atoms with Gasteiger partial charge in [-0.05, 0) is 82.3 Å². The predicted molar refractivity (Wildman–Crippen MR) is 96.7 cm³/mol. The molecule has 2 saturated heterocycles. The van der Waals surface area contributed by atoms with Gasteiger partial charge in [-0.2, -0.15) is 0 Å². The van der Waals surface area contributed by atoms with Crippen LogP contribution in [0.15, 0.2) is 18.2 Å². The highest BCUT2D eigenvalue weighted by atomic mass is 16.7. The number of benzene rings is 1. The molecule has 2 heterocycles. The summed E-state index contributed by atoms with van der Waals surface area (Å²) in [4.78, 5) is 0. The first-order valence-corrected chi connectivity index (χ1v) is 9.48. The van der Waals surface area contributed by atoms with Crippen LogP contribution in [0.1, 0.15) is 82.9 Å². The van der Waals surface area contributed by atoms with E-state index in [1.165, 1.54) is 42.3 Å². The first kappa shape index (κ1) is 16.6. The molecule has 0 aromatic heterocycles. The van der Waals surface area contributed by atoms with Gasteiger partial charge in [-0.1, -0.05) is 18.2 Å². The summed E-state index contributed by atoms with van der Waals surface area (Å²) in [6.45, 7) is 9.37. The average molecular weight is 328 g/mol. The molecule has 130 valence electrons. The van der Waals surface area contributed by atoms with Crippen molar-refractivity contribution in [3.8, 4) is 0 Å². The highest BCUT2D eigenvalue weighted by molar-refractivity contribution is 6.62. The zero-order valence-corrected chi connectivity index (χ0v) is 15.4. The summed E-state index contributed by atoms with van der Waals surface area (Å²) in [6.07, 6.45) is 6.35. The largest absolute Gasteiger partial charge is 0.495 e. The molecule has 0 N–H and O–H groups in total. The van der Waals surface area contributed by atoms with E-state index >= 15 is 0 Å². The fourth-order valence-corrected chi connectivity index (χ4v) is 3.74. The molecule has 2 aliphatic heterocycles. The van der Waals surface area contributed by atoms with E-state index in [1.807, 2.05) is 0 Å². The van der Waals surface area contributed by atoms with Crippen LogP contribution in [0.4, 0.5) is 0 Å². The van der Waals surface area contributed by atoms with E-state index in [2.05, 4.69) is 45.9 Å². The van der Waals surface area contributed by atoms with E-state index in [9.17, 15) is 0 Å². The molecule has 0 amide bonds. The van der Waals surface area contributed by atoms with Crippen molar-refractivity contribution in [3.63, 3.8) is 0 Å². The van der Waals surface area contributed by atoms with Crippen molar-refractivity contribution < 1.29 is 14.0 Å². The van der Waals surface area contributed by atoms with Gasteiger partial charge in [0.25, 0.3) is 0 Å². The van der Waals surface area contributed by atoms with Crippen LogP contribution in [0.5, 0.6) is 0 Å². The highest BCUT2D eigenvalue weighted by Crippen LogP contribution is 2.42. The second kappa shape index (κ2) is 5.86. The summed E-state index contributed by atoms with van der Waals surface area (Å²) < 4.78 is 18.7. The maximum Gasteiger partial charge on any atom is 0.495 e. The Labute approximate surface area is 146 Å². The molecular weight excluding hydrogens is 299 g/mol. The van der Waals surface area contributed by atoms with Crippen LogP contribution >= 0.6 is 0 Å². The number of hydrogen-bond donors (Lipinski definition) is 0. The van der Waals surface area contributed by atoms with E-state index in [1.54, 1.807) is 0 Å². The van der Waals surface area contributed by atoms with Crippen LogP contribution < -0.4 is 5.46 Å². The van der Waals surface area contributed by atoms with Gasteiger partial charge < -0.3 is 14.0 Å². The van der Waals surface area contributed by atoms with Crippen LogP contribution in [-0.4, -0.2) is 24.9 Å². The third-order valence-corrected chi connectivity index (χ3v) is 6.19. The van der Waals surface area contributed by atoms with Gasteiger partial charge in [0.15, 0.2) is 0 Å². The second-order valence-electron chi connectivity index (χ2n) is 8.61. The zero-order chi connectivity index (χ0) is 16.9. The van der Waals surface area contributed by atoms with Gasteiger partial charge in [-0.25, -0.2) is 0 Å². The second-order valence-corrected chi connectivity index (χ2v) is 8.61. The first-order valence-electron chi connectivity index (χ1n) is 9.48. The minimum Gasteiger partial charge on any atom is -0.399 e. The fraction of sp³-hybridized carbons (Fsp3) is 0.700. The number of hydrogen-bond acceptors (Lipinski definition) is 3. The van der Waals surface area contributed by atoms with Gasteiger partial charge in [-0.3, -0.25) is 0 Å². The van der Waals surface area contributed by atoms with E-state index < -0.39 is 0 Å². The lowest BCUT2D eigenvalue weighted by molar-refractivity contribution is 0.00578. The van der Waals surface area contributed by atoms with Crippen molar-refractivity contribution >= 4 is 12.6 Å². The van der Waals surface area contributed by atoms with E-state index in [4.69, 9.17) is 14.0 Å². The fourth-order valence-electron chi connectivity index (χ4n) is 3.74. The maximum atomic E-state index is 6.35. The molecule has 1 saturated carbocycles. The van der Waals surface area contributed by atoms with Gasteiger partial charge in [0, 0.05) is 6.61 Å². The van der Waals surface area contributed by atoms with Crippen LogP contribution in [0.25, 0.3) is 0 Å². The van der Waals surface area contributed by atoms with Gasteiger partial charge in [0.2, 0.25) is 0 Å². The Bertz CT molecular complexity index is 599. The molecule has 1 atom stereocenters. The number of rotatable bonds is 3. The molecule has 24 heavy (non-hydrogen) atoms. The lowest BCUT2D eigenvalue weighted by atomic mass is 9.73. The molecule has 1 unspecified atom stereocenters. The monoisotopic (exact) mass is 328 g/mol. The molecule has 1 aromatic carbocycles. The van der Waals surface area contributed by atoms with E-state index in [0.717, 1.165) is 13.0 Å². The summed E-state index contributed by atoms with van der Waals surface area (Å²) >= 11 is 0. The molecule has 3 fully saturated rings. The Balaban J connectivity index is 1.67. The van der Waals surface area contributed by atoms with Crippen molar-refractivity contribution in [3.05, 3.63) is 29.3 Å². The van der Waals surface area contributed by atoms with Crippen LogP contribution in [0.3, 0.4) is 0 Å². The van der Waals surface area contributed by atoms with Gasteiger partial charge in [0.1, 0.15) is 0 Å².